The van der Waals surface area contributed by atoms with Gasteiger partial charge in [0.1, 0.15) is 6.61 Å². The fourth-order valence-corrected chi connectivity index (χ4v) is 0.736. The molecule has 1 heterocycles. The average Bonchev–Trinajstić information content (AvgIpc) is 2.34. The number of ether oxygens (including phenoxy) is 2. The molecule has 1 fully saturated rings. The topological polar surface area (TPSA) is 64.6 Å². The Morgan fingerprint density at radius 2 is 2.50 bits per heavy atom. The number of hydrogen-bond acceptors (Lipinski definition) is 4. The van der Waals surface area contributed by atoms with Crippen LogP contribution in [0.1, 0.15) is 0 Å². The predicted molar refractivity (Wildman–Crippen MR) is 34.1 cm³/mol. The lowest BCUT2D eigenvalue weighted by Crippen LogP contribution is -2.30. The fourth-order valence-electron chi connectivity index (χ4n) is 0.550. The van der Waals surface area contributed by atoms with Crippen LogP contribution in [0, 0.1) is 0 Å². The maximum Gasteiger partial charge on any atom is 0.509 e. The lowest BCUT2D eigenvalue weighted by molar-refractivity contribution is -0.125. The molecule has 2 atom stereocenters. The van der Waals surface area contributed by atoms with Crippen molar-refractivity contribution in [3.8, 4) is 0 Å². The third kappa shape index (κ3) is 1.36. The maximum atomic E-state index is 10.7. The average molecular weight is 163 g/mol. The molecule has 1 rings (SSSR count). The number of rotatable bonds is 1. The van der Waals surface area contributed by atoms with Crippen LogP contribution in [0.4, 0.5) is 4.79 Å². The van der Waals surface area contributed by atoms with Crippen molar-refractivity contribution in [2.75, 3.05) is 6.61 Å². The van der Waals surface area contributed by atoms with Gasteiger partial charge in [0.05, 0.1) is 0 Å². The van der Waals surface area contributed by atoms with Crippen molar-refractivity contribution in [1.82, 2.24) is 5.09 Å². The van der Waals surface area contributed by atoms with Crippen LogP contribution in [0.25, 0.3) is 0 Å². The number of nitrogens with one attached hydrogen (secondary N) is 1. The van der Waals surface area contributed by atoms with Gasteiger partial charge < -0.3 is 14.6 Å². The monoisotopic (exact) mass is 163 g/mol. The Labute approximate surface area is 59.3 Å². The zero-order valence-electron chi connectivity index (χ0n) is 4.99. The Hall–Kier alpha value is -0.830. The summed E-state index contributed by atoms with van der Waals surface area (Å²) >= 11 is 0. The summed E-state index contributed by atoms with van der Waals surface area (Å²) in [7, 11) is 2.01. The molecule has 1 aliphatic heterocycles. The summed E-state index contributed by atoms with van der Waals surface area (Å²) < 4.78 is 8.78. The molecule has 0 saturated carbocycles. The molecule has 56 valence electrons. The minimum Gasteiger partial charge on any atom is -0.430 e. The maximum absolute atomic E-state index is 10.7. The third-order valence-corrected chi connectivity index (χ3v) is 1.31. The predicted octanol–water partition coefficient (Wildman–Crippen LogP) is -0.572. The molecule has 10 heavy (non-hydrogen) atoms. The van der Waals surface area contributed by atoms with E-state index < -0.39 is 12.3 Å². The molecule has 0 aromatic heterocycles. The van der Waals surface area contributed by atoms with E-state index >= 15 is 0 Å². The van der Waals surface area contributed by atoms with Gasteiger partial charge in [-0.2, -0.15) is 0 Å². The second-order valence-electron chi connectivity index (χ2n) is 1.68. The minimum absolute atomic E-state index is 0.000926. The molecule has 0 radical (unpaired) electrons. The first-order valence-corrected chi connectivity index (χ1v) is 3.15. The van der Waals surface area contributed by atoms with E-state index in [-0.39, 0.29) is 12.5 Å². The van der Waals surface area contributed by atoms with Crippen molar-refractivity contribution < 1.29 is 19.1 Å². The SMILES string of the molecule is O=C1OCC(C(=O)NP)O1. The van der Waals surface area contributed by atoms with Crippen LogP contribution in [0.2, 0.25) is 0 Å². The summed E-state index contributed by atoms with van der Waals surface area (Å²) in [6, 6.07) is 0. The van der Waals surface area contributed by atoms with Gasteiger partial charge >= 0.3 is 6.16 Å². The number of hydrogen-bond donors (Lipinski definition) is 1. The van der Waals surface area contributed by atoms with Gasteiger partial charge in [-0.3, -0.25) is 4.79 Å². The molecule has 0 aliphatic carbocycles. The molecule has 1 saturated heterocycles. The quantitative estimate of drug-likeness (QED) is 0.415. The normalized spacial score (nSPS) is 23.3. The van der Waals surface area contributed by atoms with Crippen LogP contribution in [0.3, 0.4) is 0 Å². The molecule has 1 aliphatic rings. The highest BCUT2D eigenvalue weighted by atomic mass is 31.0. The van der Waals surface area contributed by atoms with Gasteiger partial charge in [-0.25, -0.2) is 4.79 Å². The van der Waals surface area contributed by atoms with Gasteiger partial charge in [0.2, 0.25) is 6.10 Å². The van der Waals surface area contributed by atoms with Crippen molar-refractivity contribution in [3.63, 3.8) is 0 Å². The van der Waals surface area contributed by atoms with Gasteiger partial charge in [-0.15, -0.1) is 0 Å². The summed E-state index contributed by atoms with van der Waals surface area (Å²) in [5.41, 5.74) is 0. The molecule has 0 aromatic carbocycles. The van der Waals surface area contributed by atoms with Crippen LogP contribution in [-0.4, -0.2) is 24.8 Å². The van der Waals surface area contributed by atoms with Crippen LogP contribution < -0.4 is 5.09 Å². The van der Waals surface area contributed by atoms with Gasteiger partial charge in [-0.05, 0) is 9.39 Å². The first-order chi connectivity index (χ1) is 4.74. The molecule has 1 N–H and O–H groups in total. The highest BCUT2D eigenvalue weighted by Crippen LogP contribution is 2.05. The first kappa shape index (κ1) is 7.28. The number of cyclic esters (lactones) is 2. The second-order valence-corrected chi connectivity index (χ2v) is 1.96. The zero-order chi connectivity index (χ0) is 7.56. The van der Waals surface area contributed by atoms with E-state index in [2.05, 4.69) is 14.6 Å². The van der Waals surface area contributed by atoms with Crippen molar-refractivity contribution in [1.29, 1.82) is 0 Å². The fraction of sp³-hybridized carbons (Fsp3) is 0.500. The van der Waals surface area contributed by atoms with E-state index in [9.17, 15) is 9.59 Å². The molecular weight excluding hydrogens is 157 g/mol. The molecule has 0 bridgehead atoms. The van der Waals surface area contributed by atoms with Crippen molar-refractivity contribution in [2.45, 2.75) is 6.10 Å². The van der Waals surface area contributed by atoms with E-state index in [0.29, 0.717) is 0 Å². The Morgan fingerprint density at radius 1 is 1.80 bits per heavy atom. The van der Waals surface area contributed by atoms with Crippen molar-refractivity contribution >= 4 is 21.5 Å². The molecule has 5 nitrogen and oxygen atoms in total. The lowest BCUT2D eigenvalue weighted by Gasteiger charge is -2.01. The summed E-state index contributed by atoms with van der Waals surface area (Å²) in [5.74, 6) is -0.379. The molecule has 0 aromatic rings. The smallest absolute Gasteiger partial charge is 0.430 e. The van der Waals surface area contributed by atoms with Crippen LogP contribution in [0.15, 0.2) is 0 Å². The van der Waals surface area contributed by atoms with Crippen LogP contribution in [0.5, 0.6) is 0 Å². The summed E-state index contributed by atoms with van der Waals surface area (Å²) in [6.07, 6.45) is -1.58. The summed E-state index contributed by atoms with van der Waals surface area (Å²) in [5, 5.41) is 2.25. The highest BCUT2D eigenvalue weighted by Gasteiger charge is 2.30. The van der Waals surface area contributed by atoms with Gasteiger partial charge in [0, 0.05) is 0 Å². The zero-order valence-corrected chi connectivity index (χ0v) is 6.15. The third-order valence-electron chi connectivity index (χ3n) is 1.03. The van der Waals surface area contributed by atoms with E-state index in [4.69, 9.17) is 0 Å². The number of carbonyl (C=O) groups excluding carboxylic acids is 2. The summed E-state index contributed by atoms with van der Waals surface area (Å²) in [4.78, 5) is 20.9. The van der Waals surface area contributed by atoms with Crippen LogP contribution in [-0.2, 0) is 14.3 Å². The Balaban J connectivity index is 2.44. The van der Waals surface area contributed by atoms with Crippen molar-refractivity contribution in [3.05, 3.63) is 0 Å². The largest absolute Gasteiger partial charge is 0.509 e. The van der Waals surface area contributed by atoms with E-state index in [1.807, 2.05) is 9.39 Å². The Morgan fingerprint density at radius 3 is 2.90 bits per heavy atom. The standard InChI is InChI=1S/C4H6NO4P/c6-3(5-10)2-1-8-4(7)9-2/h2H,1,10H2,(H,5,6). The lowest BCUT2D eigenvalue weighted by atomic mass is 10.4. The number of amides is 1. The molecule has 0 spiro atoms. The second kappa shape index (κ2) is 2.84. The first-order valence-electron chi connectivity index (χ1n) is 2.58. The number of carbonyl (C=O) groups is 2. The highest BCUT2D eigenvalue weighted by molar-refractivity contribution is 7.15. The molecule has 1 amide bonds. The minimum atomic E-state index is -0.793. The Bertz CT molecular complexity index is 171. The molecular formula is C4H6NO4P. The van der Waals surface area contributed by atoms with E-state index in [1.54, 1.807) is 0 Å². The van der Waals surface area contributed by atoms with Crippen molar-refractivity contribution in [2.24, 2.45) is 0 Å². The van der Waals surface area contributed by atoms with E-state index in [0.717, 1.165) is 0 Å². The van der Waals surface area contributed by atoms with Crippen LogP contribution >= 0.6 is 9.39 Å². The molecule has 6 heteroatoms. The summed E-state index contributed by atoms with van der Waals surface area (Å²) in [6.45, 7) is -0.000926. The molecule has 2 unspecified atom stereocenters. The van der Waals surface area contributed by atoms with E-state index in [1.165, 1.54) is 0 Å². The van der Waals surface area contributed by atoms with Gasteiger partial charge in [-0.1, -0.05) is 0 Å². The van der Waals surface area contributed by atoms with Gasteiger partial charge in [0.15, 0.2) is 0 Å². The Kier molecular flexibility index (Phi) is 2.06. The van der Waals surface area contributed by atoms with Gasteiger partial charge in [0.25, 0.3) is 5.91 Å².